The van der Waals surface area contributed by atoms with Crippen LogP contribution in [0.25, 0.3) is 0 Å². The van der Waals surface area contributed by atoms with Crippen molar-refractivity contribution in [1.82, 2.24) is 9.47 Å². The Kier molecular flexibility index (Phi) is 5.26. The number of halogens is 1. The zero-order valence-electron chi connectivity index (χ0n) is 15.6. The Balaban J connectivity index is 1.61. The van der Waals surface area contributed by atoms with Gasteiger partial charge < -0.3 is 19.5 Å². The highest BCUT2D eigenvalue weighted by Gasteiger charge is 2.31. The predicted molar refractivity (Wildman–Crippen MR) is 111 cm³/mol. The number of hydrogen-bond acceptors (Lipinski definition) is 2. The molecule has 1 aliphatic heterocycles. The van der Waals surface area contributed by atoms with Crippen LogP contribution in [-0.2, 0) is 13.0 Å². The summed E-state index contributed by atoms with van der Waals surface area (Å²) in [5.41, 5.74) is 2.91. The fourth-order valence-electron chi connectivity index (χ4n) is 3.72. The molecule has 2 amide bonds. The molecule has 2 heterocycles. The molecule has 6 heteroatoms. The number of aromatic nitrogens is 1. The molecule has 0 radical (unpaired) electrons. The number of nitrogens with one attached hydrogen (secondary N) is 1. The van der Waals surface area contributed by atoms with Gasteiger partial charge in [-0.15, -0.1) is 0 Å². The molecule has 144 valence electrons. The van der Waals surface area contributed by atoms with E-state index < -0.39 is 0 Å². The van der Waals surface area contributed by atoms with Gasteiger partial charge in [0.2, 0.25) is 0 Å². The molecule has 0 saturated carbocycles. The number of urea groups is 1. The van der Waals surface area contributed by atoms with Crippen molar-refractivity contribution >= 4 is 23.3 Å². The number of ether oxygens (including phenoxy) is 1. The zero-order chi connectivity index (χ0) is 19.5. The van der Waals surface area contributed by atoms with Gasteiger partial charge in [-0.25, -0.2) is 4.79 Å². The molecule has 1 aliphatic rings. The van der Waals surface area contributed by atoms with Crippen molar-refractivity contribution in [1.29, 1.82) is 0 Å². The van der Waals surface area contributed by atoms with Crippen LogP contribution < -0.4 is 10.1 Å². The number of amides is 2. The number of benzene rings is 2. The molecule has 0 bridgehead atoms. The van der Waals surface area contributed by atoms with Gasteiger partial charge in [0.05, 0.1) is 18.8 Å². The number of anilines is 1. The van der Waals surface area contributed by atoms with E-state index in [1.165, 1.54) is 5.56 Å². The lowest BCUT2D eigenvalue weighted by Gasteiger charge is -2.37. The molecule has 0 saturated heterocycles. The minimum absolute atomic E-state index is 0.0451. The van der Waals surface area contributed by atoms with E-state index in [4.69, 9.17) is 16.3 Å². The maximum absolute atomic E-state index is 13.2. The van der Waals surface area contributed by atoms with Crippen LogP contribution in [0.5, 0.6) is 5.75 Å². The Morgan fingerprint density at radius 2 is 1.96 bits per heavy atom. The molecule has 0 aliphatic carbocycles. The summed E-state index contributed by atoms with van der Waals surface area (Å²) in [7, 11) is 1.57. The van der Waals surface area contributed by atoms with Crippen molar-refractivity contribution in [2.75, 3.05) is 19.0 Å². The van der Waals surface area contributed by atoms with Crippen LogP contribution in [-0.4, -0.2) is 29.2 Å². The SMILES string of the molecule is COc1ccc(Cl)cc1NC(=O)N1CCn2cccc2C1Cc1ccccc1. The second-order valence-electron chi connectivity index (χ2n) is 6.80. The molecule has 1 aromatic heterocycles. The lowest BCUT2D eigenvalue weighted by molar-refractivity contribution is 0.167. The Labute approximate surface area is 169 Å². The average molecular weight is 396 g/mol. The van der Waals surface area contributed by atoms with E-state index in [1.54, 1.807) is 25.3 Å². The normalized spacial score (nSPS) is 15.8. The van der Waals surface area contributed by atoms with E-state index >= 15 is 0 Å². The van der Waals surface area contributed by atoms with Crippen molar-refractivity contribution in [3.8, 4) is 5.75 Å². The third kappa shape index (κ3) is 3.71. The van der Waals surface area contributed by atoms with E-state index in [0.29, 0.717) is 23.0 Å². The topological polar surface area (TPSA) is 46.5 Å². The van der Waals surface area contributed by atoms with Gasteiger partial charge in [-0.05, 0) is 42.3 Å². The summed E-state index contributed by atoms with van der Waals surface area (Å²) in [4.78, 5) is 15.1. The lowest BCUT2D eigenvalue weighted by Crippen LogP contribution is -2.44. The second kappa shape index (κ2) is 7.98. The van der Waals surface area contributed by atoms with Crippen LogP contribution in [0.2, 0.25) is 5.02 Å². The first-order valence-corrected chi connectivity index (χ1v) is 9.63. The summed E-state index contributed by atoms with van der Waals surface area (Å²) in [6.07, 6.45) is 2.83. The molecule has 5 nitrogen and oxygen atoms in total. The van der Waals surface area contributed by atoms with Gasteiger partial charge >= 0.3 is 6.03 Å². The molecule has 0 fully saturated rings. The van der Waals surface area contributed by atoms with Crippen molar-refractivity contribution in [2.24, 2.45) is 0 Å². The number of methoxy groups -OCH3 is 1. The maximum atomic E-state index is 13.2. The number of rotatable bonds is 4. The lowest BCUT2D eigenvalue weighted by atomic mass is 10.0. The van der Waals surface area contributed by atoms with Crippen LogP contribution in [0.4, 0.5) is 10.5 Å². The minimum Gasteiger partial charge on any atom is -0.495 e. The Hall–Kier alpha value is -2.92. The third-order valence-electron chi connectivity index (χ3n) is 5.10. The fraction of sp³-hybridized carbons (Fsp3) is 0.227. The summed E-state index contributed by atoms with van der Waals surface area (Å²) < 4.78 is 7.58. The third-order valence-corrected chi connectivity index (χ3v) is 5.34. The quantitative estimate of drug-likeness (QED) is 0.677. The van der Waals surface area contributed by atoms with Crippen molar-refractivity contribution in [3.63, 3.8) is 0 Å². The van der Waals surface area contributed by atoms with Crippen LogP contribution in [0.1, 0.15) is 17.3 Å². The number of hydrogen-bond donors (Lipinski definition) is 1. The molecular formula is C22H22ClN3O2. The number of carbonyl (C=O) groups is 1. The minimum atomic E-state index is -0.158. The summed E-state index contributed by atoms with van der Waals surface area (Å²) in [6, 6.07) is 19.4. The highest BCUT2D eigenvalue weighted by molar-refractivity contribution is 6.31. The largest absolute Gasteiger partial charge is 0.495 e. The van der Waals surface area contributed by atoms with E-state index in [9.17, 15) is 4.79 Å². The molecule has 1 N–H and O–H groups in total. The summed E-state index contributed by atoms with van der Waals surface area (Å²) in [5, 5.41) is 3.52. The molecule has 1 atom stereocenters. The molecule has 3 aromatic rings. The van der Waals surface area contributed by atoms with Crippen LogP contribution in [0.3, 0.4) is 0 Å². The van der Waals surface area contributed by atoms with E-state index in [-0.39, 0.29) is 12.1 Å². The number of nitrogens with zero attached hydrogens (tertiary/aromatic N) is 2. The highest BCUT2D eigenvalue weighted by Crippen LogP contribution is 2.32. The standard InChI is InChI=1S/C22H22ClN3O2/c1-28-21-10-9-17(23)15-18(21)24-22(27)26-13-12-25-11-5-8-19(25)20(26)14-16-6-3-2-4-7-16/h2-11,15,20H,12-14H2,1H3,(H,24,27). The fourth-order valence-corrected chi connectivity index (χ4v) is 3.90. The summed E-state index contributed by atoms with van der Waals surface area (Å²) in [6.45, 7) is 1.40. The molecule has 2 aromatic carbocycles. The van der Waals surface area contributed by atoms with Gasteiger partial charge in [-0.3, -0.25) is 0 Å². The summed E-state index contributed by atoms with van der Waals surface area (Å²) in [5.74, 6) is 0.581. The number of carbonyl (C=O) groups excluding carboxylic acids is 1. The zero-order valence-corrected chi connectivity index (χ0v) is 16.4. The van der Waals surface area contributed by atoms with E-state index in [2.05, 4.69) is 34.3 Å². The monoisotopic (exact) mass is 395 g/mol. The maximum Gasteiger partial charge on any atom is 0.322 e. The van der Waals surface area contributed by atoms with E-state index in [1.807, 2.05) is 29.2 Å². The van der Waals surface area contributed by atoms with Crippen molar-refractivity contribution < 1.29 is 9.53 Å². The first-order valence-electron chi connectivity index (χ1n) is 9.26. The Morgan fingerprint density at radius 1 is 1.14 bits per heavy atom. The van der Waals surface area contributed by atoms with Crippen molar-refractivity contribution in [3.05, 3.63) is 83.1 Å². The average Bonchev–Trinajstić information content (AvgIpc) is 3.18. The van der Waals surface area contributed by atoms with Gasteiger partial charge in [0.25, 0.3) is 0 Å². The smallest absolute Gasteiger partial charge is 0.322 e. The predicted octanol–water partition coefficient (Wildman–Crippen LogP) is 4.98. The van der Waals surface area contributed by atoms with Crippen LogP contribution >= 0.6 is 11.6 Å². The number of fused-ring (bicyclic) bond motifs is 1. The highest BCUT2D eigenvalue weighted by atomic mass is 35.5. The van der Waals surface area contributed by atoms with Gasteiger partial charge in [0.1, 0.15) is 5.75 Å². The molecule has 4 rings (SSSR count). The van der Waals surface area contributed by atoms with Crippen LogP contribution in [0.15, 0.2) is 66.9 Å². The summed E-state index contributed by atoms with van der Waals surface area (Å²) >= 11 is 6.11. The Bertz CT molecular complexity index is 971. The van der Waals surface area contributed by atoms with Gasteiger partial charge in [0.15, 0.2) is 0 Å². The van der Waals surface area contributed by atoms with Gasteiger partial charge in [-0.1, -0.05) is 41.9 Å². The molecule has 0 spiro atoms. The molecule has 1 unspecified atom stereocenters. The van der Waals surface area contributed by atoms with Gasteiger partial charge in [-0.2, -0.15) is 0 Å². The molecular weight excluding hydrogens is 374 g/mol. The van der Waals surface area contributed by atoms with Crippen LogP contribution in [0, 0.1) is 0 Å². The van der Waals surface area contributed by atoms with Crippen molar-refractivity contribution in [2.45, 2.75) is 19.0 Å². The first kappa shape index (κ1) is 18.4. The molecule has 28 heavy (non-hydrogen) atoms. The first-order chi connectivity index (χ1) is 13.7. The Morgan fingerprint density at radius 3 is 2.75 bits per heavy atom. The van der Waals surface area contributed by atoms with Gasteiger partial charge in [0, 0.05) is 30.0 Å². The van der Waals surface area contributed by atoms with E-state index in [0.717, 1.165) is 18.7 Å². The second-order valence-corrected chi connectivity index (χ2v) is 7.24.